The van der Waals surface area contributed by atoms with E-state index in [1.54, 1.807) is 0 Å². The van der Waals surface area contributed by atoms with Crippen LogP contribution in [0.25, 0.3) is 0 Å². The number of fused-ring (bicyclic) bond motifs is 1. The second kappa shape index (κ2) is 4.07. The fraction of sp³-hybridized carbons (Fsp3) is 0.429. The number of hydrogen-bond acceptors (Lipinski definition) is 3. The van der Waals surface area contributed by atoms with Crippen molar-refractivity contribution in [2.45, 2.75) is 31.1 Å². The number of thioether (sulfide) groups is 1. The number of para-hydroxylation sites is 1. The number of allylic oxidation sites excluding steroid dienone is 1. The average Bonchev–Trinajstić information content (AvgIpc) is 2.68. The van der Waals surface area contributed by atoms with Crippen molar-refractivity contribution >= 4 is 17.4 Å². The summed E-state index contributed by atoms with van der Waals surface area (Å²) >= 11 is 1.98. The van der Waals surface area contributed by atoms with Gasteiger partial charge in [-0.25, -0.2) is 0 Å². The summed E-state index contributed by atoms with van der Waals surface area (Å²) in [6.45, 7) is 4.60. The van der Waals surface area contributed by atoms with Crippen molar-refractivity contribution in [2.75, 3.05) is 11.2 Å². The average molecular weight is 245 g/mol. The molecule has 1 atom stereocenters. The molecule has 1 saturated heterocycles. The molecule has 1 radical (unpaired) electrons. The van der Waals surface area contributed by atoms with Crippen molar-refractivity contribution in [3.63, 3.8) is 0 Å². The summed E-state index contributed by atoms with van der Waals surface area (Å²) in [7, 11) is 0. The molecule has 1 fully saturated rings. The minimum Gasteiger partial charge on any atom is -0.357 e. The molecular weight excluding hydrogens is 228 g/mol. The second-order valence-corrected chi connectivity index (χ2v) is 6.72. The molecule has 2 aliphatic rings. The lowest BCUT2D eigenvalue weighted by Gasteiger charge is -2.31. The molecule has 2 heterocycles. The Balaban J connectivity index is 1.86. The number of benzene rings is 1. The Morgan fingerprint density at radius 1 is 1.47 bits per heavy atom. The highest BCUT2D eigenvalue weighted by Gasteiger charge is 2.38. The van der Waals surface area contributed by atoms with E-state index in [-0.39, 0.29) is 4.75 Å². The summed E-state index contributed by atoms with van der Waals surface area (Å²) in [5, 5.41) is 7.09. The summed E-state index contributed by atoms with van der Waals surface area (Å²) < 4.78 is 0.255. The van der Waals surface area contributed by atoms with Crippen LogP contribution in [-0.2, 0) is 6.42 Å². The van der Waals surface area contributed by atoms with Gasteiger partial charge < -0.3 is 5.32 Å². The summed E-state index contributed by atoms with van der Waals surface area (Å²) in [5.74, 6) is 1.03. The van der Waals surface area contributed by atoms with Crippen LogP contribution in [0.3, 0.4) is 0 Å². The van der Waals surface area contributed by atoms with E-state index in [1.807, 2.05) is 23.9 Å². The van der Waals surface area contributed by atoms with Crippen molar-refractivity contribution < 1.29 is 0 Å². The third kappa shape index (κ3) is 1.98. The van der Waals surface area contributed by atoms with Gasteiger partial charge in [-0.3, -0.25) is 5.32 Å². The third-order valence-electron chi connectivity index (χ3n) is 3.49. The zero-order valence-corrected chi connectivity index (χ0v) is 11.0. The molecular formula is C14H17N2S. The SMILES string of the molecule is CC1(C)SCNC1C1=CCc2ccc[c]c2N1. The van der Waals surface area contributed by atoms with Crippen molar-refractivity contribution in [3.8, 4) is 0 Å². The van der Waals surface area contributed by atoms with E-state index in [1.165, 1.54) is 11.3 Å². The molecule has 0 saturated carbocycles. The standard InChI is InChI=1S/C14H17N2S/c1-14(2)13(15-9-17-14)12-8-7-10-5-3-4-6-11(10)16-12/h3-5,8,13,15-16H,7,9H2,1-2H3. The lowest BCUT2D eigenvalue weighted by molar-refractivity contribution is 0.544. The maximum Gasteiger partial charge on any atom is 0.0620 e. The maximum atomic E-state index is 3.57. The van der Waals surface area contributed by atoms with Crippen LogP contribution in [0.2, 0.25) is 0 Å². The molecule has 1 aromatic rings. The van der Waals surface area contributed by atoms with Gasteiger partial charge in [0.25, 0.3) is 0 Å². The Kier molecular flexibility index (Phi) is 2.68. The fourth-order valence-corrected chi connectivity index (χ4v) is 3.49. The van der Waals surface area contributed by atoms with Crippen molar-refractivity contribution in [1.29, 1.82) is 0 Å². The summed E-state index contributed by atoms with van der Waals surface area (Å²) in [6.07, 6.45) is 3.31. The minimum absolute atomic E-state index is 0.255. The Hall–Kier alpha value is -0.930. The smallest absolute Gasteiger partial charge is 0.0620 e. The molecule has 0 spiro atoms. The number of rotatable bonds is 1. The Bertz CT molecular complexity index is 465. The van der Waals surface area contributed by atoms with Gasteiger partial charge in [0, 0.05) is 28.1 Å². The molecule has 2 N–H and O–H groups in total. The molecule has 89 valence electrons. The largest absolute Gasteiger partial charge is 0.357 e. The minimum atomic E-state index is 0.255. The van der Waals surface area contributed by atoms with Crippen LogP contribution in [0.5, 0.6) is 0 Å². The normalized spacial score (nSPS) is 26.0. The first-order valence-electron chi connectivity index (χ1n) is 6.01. The molecule has 2 aliphatic heterocycles. The Labute approximate surface area is 107 Å². The maximum absolute atomic E-state index is 3.57. The van der Waals surface area contributed by atoms with E-state index < -0.39 is 0 Å². The highest BCUT2D eigenvalue weighted by atomic mass is 32.2. The molecule has 0 bridgehead atoms. The quantitative estimate of drug-likeness (QED) is 0.795. The summed E-state index contributed by atoms with van der Waals surface area (Å²) in [6, 6.07) is 9.87. The monoisotopic (exact) mass is 245 g/mol. The van der Waals surface area contributed by atoms with Gasteiger partial charge in [-0.15, -0.1) is 11.8 Å². The van der Waals surface area contributed by atoms with Crippen LogP contribution in [0, 0.1) is 6.07 Å². The zero-order valence-electron chi connectivity index (χ0n) is 10.2. The van der Waals surface area contributed by atoms with Crippen molar-refractivity contribution in [2.24, 2.45) is 0 Å². The first-order chi connectivity index (χ1) is 8.17. The van der Waals surface area contributed by atoms with Gasteiger partial charge in [-0.2, -0.15) is 0 Å². The lowest BCUT2D eigenvalue weighted by atomic mass is 9.95. The highest BCUT2D eigenvalue weighted by molar-refractivity contribution is 8.00. The number of nitrogens with one attached hydrogen (secondary N) is 2. The van der Waals surface area contributed by atoms with E-state index in [9.17, 15) is 0 Å². The molecule has 0 aliphatic carbocycles. The second-order valence-electron chi connectivity index (χ2n) is 5.09. The van der Waals surface area contributed by atoms with E-state index >= 15 is 0 Å². The van der Waals surface area contributed by atoms with Crippen molar-refractivity contribution in [3.05, 3.63) is 41.6 Å². The van der Waals surface area contributed by atoms with Gasteiger partial charge in [-0.1, -0.05) is 24.3 Å². The van der Waals surface area contributed by atoms with Gasteiger partial charge in [0.2, 0.25) is 0 Å². The highest BCUT2D eigenvalue weighted by Crippen LogP contribution is 2.38. The molecule has 1 aromatic carbocycles. The Morgan fingerprint density at radius 2 is 2.35 bits per heavy atom. The Morgan fingerprint density at radius 3 is 3.12 bits per heavy atom. The van der Waals surface area contributed by atoms with Crippen LogP contribution in [0.4, 0.5) is 5.69 Å². The van der Waals surface area contributed by atoms with Crippen LogP contribution >= 0.6 is 11.8 Å². The van der Waals surface area contributed by atoms with Crippen LogP contribution < -0.4 is 10.6 Å². The van der Waals surface area contributed by atoms with E-state index in [2.05, 4.69) is 42.7 Å². The molecule has 0 amide bonds. The molecule has 17 heavy (non-hydrogen) atoms. The number of anilines is 1. The van der Waals surface area contributed by atoms with Gasteiger partial charge in [0.15, 0.2) is 0 Å². The summed E-state index contributed by atoms with van der Waals surface area (Å²) in [5.41, 5.74) is 3.77. The van der Waals surface area contributed by atoms with Crippen LogP contribution in [0.1, 0.15) is 19.4 Å². The fourth-order valence-electron chi connectivity index (χ4n) is 2.49. The van der Waals surface area contributed by atoms with E-state index in [4.69, 9.17) is 0 Å². The topological polar surface area (TPSA) is 24.1 Å². The number of hydrogen-bond donors (Lipinski definition) is 2. The van der Waals surface area contributed by atoms with Crippen LogP contribution in [-0.4, -0.2) is 16.7 Å². The van der Waals surface area contributed by atoms with E-state index in [0.29, 0.717) is 6.04 Å². The molecule has 1 unspecified atom stereocenters. The first-order valence-corrected chi connectivity index (χ1v) is 6.99. The summed E-state index contributed by atoms with van der Waals surface area (Å²) in [4.78, 5) is 0. The zero-order chi connectivity index (χ0) is 11.9. The predicted molar refractivity (Wildman–Crippen MR) is 74.1 cm³/mol. The molecule has 0 aromatic heterocycles. The van der Waals surface area contributed by atoms with Gasteiger partial charge >= 0.3 is 0 Å². The lowest BCUT2D eigenvalue weighted by Crippen LogP contribution is -2.41. The van der Waals surface area contributed by atoms with E-state index in [0.717, 1.165) is 18.0 Å². The molecule has 3 heteroatoms. The molecule has 2 nitrogen and oxygen atoms in total. The van der Waals surface area contributed by atoms with Gasteiger partial charge in [0.05, 0.1) is 6.04 Å². The van der Waals surface area contributed by atoms with Gasteiger partial charge in [0.1, 0.15) is 0 Å². The third-order valence-corrected chi connectivity index (χ3v) is 4.78. The predicted octanol–water partition coefficient (Wildman–Crippen LogP) is 2.78. The van der Waals surface area contributed by atoms with Gasteiger partial charge in [-0.05, 0) is 25.8 Å². The molecule has 3 rings (SSSR count). The first kappa shape index (κ1) is 11.2. The van der Waals surface area contributed by atoms with Crippen LogP contribution in [0.15, 0.2) is 30.0 Å². The van der Waals surface area contributed by atoms with Crippen molar-refractivity contribution in [1.82, 2.24) is 5.32 Å².